The zero-order valence-electron chi connectivity index (χ0n) is 8.27. The molecule has 0 aliphatic heterocycles. The Morgan fingerprint density at radius 2 is 2.06 bits per heavy atom. The Morgan fingerprint density at radius 3 is 2.56 bits per heavy atom. The molecule has 0 aliphatic carbocycles. The van der Waals surface area contributed by atoms with Gasteiger partial charge in [-0.05, 0) is 19.1 Å². The van der Waals surface area contributed by atoms with E-state index in [0.29, 0.717) is 0 Å². The normalized spacial score (nSPS) is 13.0. The van der Waals surface area contributed by atoms with Gasteiger partial charge in [0.05, 0.1) is 22.3 Å². The molecule has 0 aliphatic rings. The van der Waals surface area contributed by atoms with Gasteiger partial charge in [-0.15, -0.1) is 0 Å². The molecule has 1 aromatic carbocycles. The molecule has 0 fully saturated rings. The van der Waals surface area contributed by atoms with E-state index in [0.717, 1.165) is 6.07 Å². The fraction of sp³-hybridized carbons (Fsp3) is 0.300. The second-order valence-corrected chi connectivity index (χ2v) is 3.56. The number of hydrogen-bond donors (Lipinski definition) is 1. The van der Waals surface area contributed by atoms with Gasteiger partial charge in [0.1, 0.15) is 6.04 Å². The van der Waals surface area contributed by atoms with Gasteiger partial charge < -0.3 is 5.32 Å². The maximum atomic E-state index is 12.6. The van der Waals surface area contributed by atoms with Crippen molar-refractivity contribution in [2.45, 2.75) is 19.1 Å². The molecule has 1 N–H and O–H groups in total. The molecule has 0 aromatic heterocycles. The van der Waals surface area contributed by atoms with E-state index in [1.165, 1.54) is 19.1 Å². The van der Waals surface area contributed by atoms with Crippen LogP contribution in [0.15, 0.2) is 18.2 Å². The summed E-state index contributed by atoms with van der Waals surface area (Å²) in [7, 11) is 0. The lowest BCUT2D eigenvalue weighted by atomic mass is 10.1. The van der Waals surface area contributed by atoms with E-state index in [1.807, 2.05) is 0 Å². The number of benzene rings is 1. The monoisotopic (exact) mass is 248 g/mol. The Balaban J connectivity index is 3.20. The molecule has 16 heavy (non-hydrogen) atoms. The first-order valence-electron chi connectivity index (χ1n) is 4.38. The lowest BCUT2D eigenvalue weighted by Crippen LogP contribution is -2.17. The maximum Gasteiger partial charge on any atom is 0.418 e. The summed E-state index contributed by atoms with van der Waals surface area (Å²) in [5.41, 5.74) is -1.13. The summed E-state index contributed by atoms with van der Waals surface area (Å²) in [5.74, 6) is 0. The third-order valence-corrected chi connectivity index (χ3v) is 2.19. The number of alkyl halides is 3. The SMILES string of the molecule is CC(C#N)Nc1c(Cl)cccc1C(F)(F)F. The standard InChI is InChI=1S/C10H8ClF3N2/c1-6(5-15)16-9-7(10(12,13)14)3-2-4-8(9)11/h2-4,6,16H,1H3. The predicted molar refractivity (Wildman–Crippen MR) is 55.2 cm³/mol. The zero-order chi connectivity index (χ0) is 12.3. The number of nitriles is 1. The minimum Gasteiger partial charge on any atom is -0.368 e. The summed E-state index contributed by atoms with van der Waals surface area (Å²) in [4.78, 5) is 0. The van der Waals surface area contributed by atoms with Crippen LogP contribution in [0.4, 0.5) is 18.9 Å². The van der Waals surface area contributed by atoms with Crippen LogP contribution >= 0.6 is 11.6 Å². The van der Waals surface area contributed by atoms with Crippen molar-refractivity contribution < 1.29 is 13.2 Å². The summed E-state index contributed by atoms with van der Waals surface area (Å²) in [6.45, 7) is 1.45. The van der Waals surface area contributed by atoms with Crippen LogP contribution in [0.1, 0.15) is 12.5 Å². The smallest absolute Gasteiger partial charge is 0.368 e. The number of halogens is 4. The van der Waals surface area contributed by atoms with Crippen LogP contribution in [0, 0.1) is 11.3 Å². The molecule has 6 heteroatoms. The molecule has 1 rings (SSSR count). The molecule has 0 saturated carbocycles. The second kappa shape index (κ2) is 4.62. The van der Waals surface area contributed by atoms with E-state index in [4.69, 9.17) is 16.9 Å². The Bertz CT molecular complexity index is 423. The summed E-state index contributed by atoms with van der Waals surface area (Å²) < 4.78 is 37.8. The van der Waals surface area contributed by atoms with Gasteiger partial charge >= 0.3 is 6.18 Å². The summed E-state index contributed by atoms with van der Waals surface area (Å²) in [5, 5.41) is 10.9. The third kappa shape index (κ3) is 2.80. The molecule has 0 bridgehead atoms. The van der Waals surface area contributed by atoms with Crippen molar-refractivity contribution in [2.24, 2.45) is 0 Å². The Labute approximate surface area is 95.6 Å². The van der Waals surface area contributed by atoms with E-state index in [9.17, 15) is 13.2 Å². The Hall–Kier alpha value is -1.41. The van der Waals surface area contributed by atoms with Crippen LogP contribution in [0.25, 0.3) is 0 Å². The number of rotatable bonds is 2. The zero-order valence-corrected chi connectivity index (χ0v) is 9.02. The average molecular weight is 249 g/mol. The van der Waals surface area contributed by atoms with Gasteiger partial charge in [-0.1, -0.05) is 17.7 Å². The van der Waals surface area contributed by atoms with Crippen molar-refractivity contribution in [1.82, 2.24) is 0 Å². The first-order chi connectivity index (χ1) is 7.36. The van der Waals surface area contributed by atoms with Crippen molar-refractivity contribution in [1.29, 1.82) is 5.26 Å². The van der Waals surface area contributed by atoms with E-state index in [1.54, 1.807) is 6.07 Å². The average Bonchev–Trinajstić information content (AvgIpc) is 2.19. The molecule has 0 amide bonds. The molecule has 2 nitrogen and oxygen atoms in total. The van der Waals surface area contributed by atoms with Gasteiger partial charge in [-0.3, -0.25) is 0 Å². The van der Waals surface area contributed by atoms with Crippen LogP contribution in [0.5, 0.6) is 0 Å². The van der Waals surface area contributed by atoms with Gasteiger partial charge in [0, 0.05) is 0 Å². The first-order valence-corrected chi connectivity index (χ1v) is 4.76. The molecule has 0 spiro atoms. The molecule has 1 aromatic rings. The van der Waals surface area contributed by atoms with Gasteiger partial charge in [0.2, 0.25) is 0 Å². The van der Waals surface area contributed by atoms with E-state index in [-0.39, 0.29) is 10.7 Å². The molecule has 0 heterocycles. The molecule has 0 saturated heterocycles. The van der Waals surface area contributed by atoms with Crippen molar-refractivity contribution in [3.63, 3.8) is 0 Å². The lowest BCUT2D eigenvalue weighted by molar-refractivity contribution is -0.136. The number of nitrogens with zero attached hydrogens (tertiary/aromatic N) is 1. The van der Waals surface area contributed by atoms with Crippen LogP contribution in [0.3, 0.4) is 0 Å². The fourth-order valence-electron chi connectivity index (χ4n) is 1.16. The predicted octanol–water partition coefficient (Wildman–Crippen LogP) is 3.68. The molecule has 1 unspecified atom stereocenters. The fourth-order valence-corrected chi connectivity index (χ4v) is 1.38. The van der Waals surface area contributed by atoms with Crippen LogP contribution in [-0.4, -0.2) is 6.04 Å². The summed E-state index contributed by atoms with van der Waals surface area (Å²) in [6.07, 6.45) is -4.50. The summed E-state index contributed by atoms with van der Waals surface area (Å²) >= 11 is 5.66. The quantitative estimate of drug-likeness (QED) is 0.867. The van der Waals surface area contributed by atoms with E-state index >= 15 is 0 Å². The Kier molecular flexibility index (Phi) is 3.66. The van der Waals surface area contributed by atoms with Gasteiger partial charge in [-0.25, -0.2) is 0 Å². The minimum absolute atomic E-state index is 0.0584. The molecule has 0 radical (unpaired) electrons. The summed E-state index contributed by atoms with van der Waals surface area (Å²) in [6, 6.07) is 4.50. The lowest BCUT2D eigenvalue weighted by Gasteiger charge is -2.16. The first kappa shape index (κ1) is 12.7. The van der Waals surface area contributed by atoms with E-state index < -0.39 is 17.8 Å². The van der Waals surface area contributed by atoms with Gasteiger partial charge in [0.25, 0.3) is 0 Å². The third-order valence-electron chi connectivity index (χ3n) is 1.87. The topological polar surface area (TPSA) is 35.8 Å². The van der Waals surface area contributed by atoms with Gasteiger partial charge in [0.15, 0.2) is 0 Å². The number of anilines is 1. The van der Waals surface area contributed by atoms with Crippen LogP contribution < -0.4 is 5.32 Å². The highest BCUT2D eigenvalue weighted by Gasteiger charge is 2.34. The highest BCUT2D eigenvalue weighted by atomic mass is 35.5. The van der Waals surface area contributed by atoms with Crippen molar-refractivity contribution in [2.75, 3.05) is 5.32 Å². The number of para-hydroxylation sites is 1. The van der Waals surface area contributed by atoms with Crippen LogP contribution in [-0.2, 0) is 6.18 Å². The number of nitrogens with one attached hydrogen (secondary N) is 1. The molecule has 86 valence electrons. The highest BCUT2D eigenvalue weighted by molar-refractivity contribution is 6.33. The Morgan fingerprint density at radius 1 is 1.44 bits per heavy atom. The van der Waals surface area contributed by atoms with Crippen molar-refractivity contribution >= 4 is 17.3 Å². The van der Waals surface area contributed by atoms with E-state index in [2.05, 4.69) is 5.32 Å². The van der Waals surface area contributed by atoms with Crippen molar-refractivity contribution in [3.05, 3.63) is 28.8 Å². The minimum atomic E-state index is -4.50. The molecule has 1 atom stereocenters. The number of hydrogen-bond acceptors (Lipinski definition) is 2. The molecular formula is C10H8ClF3N2. The highest BCUT2D eigenvalue weighted by Crippen LogP contribution is 2.38. The van der Waals surface area contributed by atoms with Gasteiger partial charge in [-0.2, -0.15) is 18.4 Å². The van der Waals surface area contributed by atoms with Crippen LogP contribution in [0.2, 0.25) is 5.02 Å². The second-order valence-electron chi connectivity index (χ2n) is 3.16. The largest absolute Gasteiger partial charge is 0.418 e. The molecular weight excluding hydrogens is 241 g/mol. The maximum absolute atomic E-state index is 12.6. The van der Waals surface area contributed by atoms with Crippen molar-refractivity contribution in [3.8, 4) is 6.07 Å².